The third kappa shape index (κ3) is 3.77. The Morgan fingerprint density at radius 3 is 2.04 bits per heavy atom. The summed E-state index contributed by atoms with van der Waals surface area (Å²) in [5.74, 6) is 0.684. The van der Waals surface area contributed by atoms with E-state index in [9.17, 15) is 0 Å². The van der Waals surface area contributed by atoms with Crippen molar-refractivity contribution in [2.75, 3.05) is 7.11 Å². The summed E-state index contributed by atoms with van der Waals surface area (Å²) in [5, 5.41) is 13.2. The zero-order valence-electron chi connectivity index (χ0n) is 13.0. The molecule has 4 nitrogen and oxygen atoms in total. The molecule has 0 saturated heterocycles. The molecule has 3 rings (SSSR count). The third-order valence-corrected chi connectivity index (χ3v) is 4.78. The number of ether oxygens (including phenoxy) is 1. The molecular weight excluding hydrogens is 463 g/mol. The molecule has 2 aromatic carbocycles. The van der Waals surface area contributed by atoms with E-state index >= 15 is 0 Å². The van der Waals surface area contributed by atoms with Crippen LogP contribution in [0.3, 0.4) is 0 Å². The van der Waals surface area contributed by atoms with Crippen LogP contribution < -0.4 is 4.74 Å². The van der Waals surface area contributed by atoms with Gasteiger partial charge in [0.15, 0.2) is 0 Å². The van der Waals surface area contributed by atoms with Crippen molar-refractivity contribution >= 4 is 80.4 Å². The molecule has 3 aromatic rings. The molecular formula is C16H9Cl6N3O. The third-order valence-electron chi connectivity index (χ3n) is 3.67. The molecule has 0 aliphatic rings. The normalized spacial score (nSPS) is 12.4. The van der Waals surface area contributed by atoms with E-state index in [1.54, 1.807) is 19.2 Å². The van der Waals surface area contributed by atoms with Gasteiger partial charge in [-0.15, -0.1) is 10.2 Å². The first-order valence-corrected chi connectivity index (χ1v) is 9.35. The first kappa shape index (κ1) is 20.0. The van der Waals surface area contributed by atoms with Crippen LogP contribution in [-0.2, 0) is 7.59 Å². The van der Waals surface area contributed by atoms with E-state index in [1.807, 2.05) is 24.3 Å². The van der Waals surface area contributed by atoms with Crippen LogP contribution in [0.4, 0.5) is 0 Å². The van der Waals surface area contributed by atoms with Gasteiger partial charge in [-0.2, -0.15) is 0 Å². The molecule has 0 radical (unpaired) electrons. The molecule has 0 bridgehead atoms. The zero-order chi connectivity index (χ0) is 19.1. The summed E-state index contributed by atoms with van der Waals surface area (Å²) in [4.78, 5) is 0. The Labute approximate surface area is 179 Å². The van der Waals surface area contributed by atoms with E-state index in [0.29, 0.717) is 11.3 Å². The monoisotopic (exact) mass is 469 g/mol. The van der Waals surface area contributed by atoms with Crippen LogP contribution in [-0.4, -0.2) is 22.5 Å². The van der Waals surface area contributed by atoms with Crippen molar-refractivity contribution in [3.05, 3.63) is 47.7 Å². The number of halogens is 6. The second-order valence-corrected chi connectivity index (χ2v) is 9.78. The number of benzene rings is 2. The summed E-state index contributed by atoms with van der Waals surface area (Å²) in [7, 11) is 1.58. The summed E-state index contributed by atoms with van der Waals surface area (Å²) in [5.41, 5.74) is 0.827. The van der Waals surface area contributed by atoms with Gasteiger partial charge in [-0.25, -0.2) is 0 Å². The second-order valence-electron chi connectivity index (χ2n) is 5.22. The fourth-order valence-corrected chi connectivity index (χ4v) is 3.57. The number of hydrogen-bond donors (Lipinski definition) is 0. The van der Waals surface area contributed by atoms with Gasteiger partial charge in [-0.1, -0.05) is 93.9 Å². The van der Waals surface area contributed by atoms with Gasteiger partial charge in [0, 0.05) is 10.9 Å². The number of alkyl halides is 6. The number of methoxy groups -OCH3 is 1. The molecule has 0 N–H and O–H groups in total. The van der Waals surface area contributed by atoms with Crippen LogP contribution in [0, 0.1) is 0 Å². The molecule has 0 saturated carbocycles. The minimum absolute atomic E-state index is 0.0489. The molecule has 10 heteroatoms. The minimum Gasteiger partial charge on any atom is -0.496 e. The number of nitrogens with zero attached hydrogens (tertiary/aromatic N) is 3. The van der Waals surface area contributed by atoms with E-state index in [2.05, 4.69) is 15.4 Å². The smallest absolute Gasteiger partial charge is 0.234 e. The van der Waals surface area contributed by atoms with Crippen molar-refractivity contribution in [1.29, 1.82) is 0 Å². The molecule has 0 aliphatic heterocycles. The van der Waals surface area contributed by atoms with Crippen molar-refractivity contribution in [3.63, 3.8) is 0 Å². The largest absolute Gasteiger partial charge is 0.496 e. The lowest BCUT2D eigenvalue weighted by Gasteiger charge is -2.22. The lowest BCUT2D eigenvalue weighted by atomic mass is 9.98. The SMILES string of the molecule is COc1ccc(-c2nnnc(C(Cl)(Cl)Cl)c2C(Cl)(Cl)Cl)c2ccccc12. The lowest BCUT2D eigenvalue weighted by Crippen LogP contribution is -2.18. The highest BCUT2D eigenvalue weighted by Gasteiger charge is 2.40. The molecule has 0 amide bonds. The fraction of sp³-hybridized carbons (Fsp3) is 0.188. The Hall–Kier alpha value is -0.750. The molecule has 0 aliphatic carbocycles. The highest BCUT2D eigenvalue weighted by atomic mass is 35.6. The van der Waals surface area contributed by atoms with Crippen molar-refractivity contribution < 1.29 is 4.74 Å². The maximum Gasteiger partial charge on any atom is 0.234 e. The van der Waals surface area contributed by atoms with Crippen LogP contribution >= 0.6 is 69.6 Å². The number of rotatable bonds is 2. The molecule has 26 heavy (non-hydrogen) atoms. The molecule has 0 atom stereocenters. The topological polar surface area (TPSA) is 47.9 Å². The quantitative estimate of drug-likeness (QED) is 0.408. The molecule has 1 heterocycles. The van der Waals surface area contributed by atoms with Gasteiger partial charge in [0.05, 0.1) is 12.7 Å². The van der Waals surface area contributed by atoms with Gasteiger partial charge in [-0.05, 0) is 22.7 Å². The second kappa shape index (κ2) is 7.34. The van der Waals surface area contributed by atoms with Crippen molar-refractivity contribution in [1.82, 2.24) is 15.4 Å². The molecule has 0 unspecified atom stereocenters. The van der Waals surface area contributed by atoms with Crippen LogP contribution in [0.1, 0.15) is 11.3 Å². The van der Waals surface area contributed by atoms with Gasteiger partial charge in [0.1, 0.15) is 17.1 Å². The van der Waals surface area contributed by atoms with E-state index in [4.69, 9.17) is 74.3 Å². The molecule has 0 fully saturated rings. The van der Waals surface area contributed by atoms with Crippen molar-refractivity contribution in [3.8, 4) is 17.0 Å². The standard InChI is InChI=1S/C16H9Cl6N3O/c1-26-11-7-6-10(8-4-2-3-5-9(8)11)13-12(15(17,18)19)14(16(20,21)22)24-25-23-13/h2-7H,1H3. The first-order chi connectivity index (χ1) is 12.1. The van der Waals surface area contributed by atoms with Crippen LogP contribution in [0.2, 0.25) is 0 Å². The van der Waals surface area contributed by atoms with Crippen molar-refractivity contribution in [2.24, 2.45) is 0 Å². The average Bonchev–Trinajstić information content (AvgIpc) is 2.58. The Bertz CT molecular complexity index is 968. The average molecular weight is 472 g/mol. The van der Waals surface area contributed by atoms with E-state index < -0.39 is 7.59 Å². The van der Waals surface area contributed by atoms with Crippen molar-refractivity contribution in [2.45, 2.75) is 7.59 Å². The highest BCUT2D eigenvalue weighted by Crippen LogP contribution is 2.50. The molecule has 1 aromatic heterocycles. The van der Waals surface area contributed by atoms with Gasteiger partial charge in [-0.3, -0.25) is 0 Å². The Morgan fingerprint density at radius 2 is 1.46 bits per heavy atom. The predicted octanol–water partition coefficient (Wildman–Crippen LogP) is 6.35. The molecule has 0 spiro atoms. The minimum atomic E-state index is -1.95. The van der Waals surface area contributed by atoms with Gasteiger partial charge in [0.2, 0.25) is 7.59 Å². The maximum absolute atomic E-state index is 6.16. The van der Waals surface area contributed by atoms with Crippen LogP contribution in [0.5, 0.6) is 5.75 Å². The summed E-state index contributed by atoms with van der Waals surface area (Å²) in [6.45, 7) is 0. The predicted molar refractivity (Wildman–Crippen MR) is 108 cm³/mol. The first-order valence-electron chi connectivity index (χ1n) is 7.08. The van der Waals surface area contributed by atoms with E-state index in [0.717, 1.165) is 10.8 Å². The molecule has 136 valence electrons. The summed E-state index contributed by atoms with van der Waals surface area (Å²) < 4.78 is 1.51. The van der Waals surface area contributed by atoms with Crippen LogP contribution in [0.15, 0.2) is 36.4 Å². The number of hydrogen-bond acceptors (Lipinski definition) is 4. The maximum atomic E-state index is 6.16. The Morgan fingerprint density at radius 1 is 0.808 bits per heavy atom. The van der Waals surface area contributed by atoms with Gasteiger partial charge in [0.25, 0.3) is 0 Å². The summed E-state index contributed by atoms with van der Waals surface area (Å²) >= 11 is 36.5. The number of aromatic nitrogens is 3. The summed E-state index contributed by atoms with van der Waals surface area (Å²) in [6.07, 6.45) is 0. The van der Waals surface area contributed by atoms with E-state index in [1.165, 1.54) is 0 Å². The fourth-order valence-electron chi connectivity index (χ4n) is 2.64. The van der Waals surface area contributed by atoms with Gasteiger partial charge < -0.3 is 4.74 Å². The number of fused-ring (bicyclic) bond motifs is 1. The van der Waals surface area contributed by atoms with Crippen LogP contribution in [0.25, 0.3) is 22.0 Å². The van der Waals surface area contributed by atoms with Gasteiger partial charge >= 0.3 is 0 Å². The Balaban J connectivity index is 2.41. The summed E-state index contributed by atoms with van der Waals surface area (Å²) in [6, 6.07) is 11.1. The highest BCUT2D eigenvalue weighted by molar-refractivity contribution is 6.69. The van der Waals surface area contributed by atoms with E-state index in [-0.39, 0.29) is 17.0 Å². The lowest BCUT2D eigenvalue weighted by molar-refractivity contribution is 0.420. The zero-order valence-corrected chi connectivity index (χ0v) is 17.5. The Kier molecular flexibility index (Phi) is 5.65.